The van der Waals surface area contributed by atoms with Crippen molar-refractivity contribution in [3.05, 3.63) is 53.4 Å². The van der Waals surface area contributed by atoms with Gasteiger partial charge in [-0.3, -0.25) is 4.79 Å². The molecule has 0 aliphatic carbocycles. The van der Waals surface area contributed by atoms with Crippen molar-refractivity contribution >= 4 is 17.2 Å². The zero-order valence-electron chi connectivity index (χ0n) is 12.8. The van der Waals surface area contributed by atoms with Gasteiger partial charge in [-0.15, -0.1) is 16.4 Å². The number of hydrogen-bond donors (Lipinski definition) is 2. The summed E-state index contributed by atoms with van der Waals surface area (Å²) in [4.78, 5) is 17.3. The number of aliphatic hydroxyl groups is 1. The number of thiophene rings is 1. The molecule has 0 saturated heterocycles. The van der Waals surface area contributed by atoms with Gasteiger partial charge in [0.25, 0.3) is 5.91 Å². The smallest absolute Gasteiger partial charge is 0.291 e. The Morgan fingerprint density at radius 3 is 2.92 bits per heavy atom. The molecule has 2 N–H and O–H groups in total. The molecule has 1 unspecified atom stereocenters. The Bertz CT molecular complexity index is 848. The van der Waals surface area contributed by atoms with Crippen LogP contribution in [0.25, 0.3) is 16.4 Å². The molecule has 8 heteroatoms. The van der Waals surface area contributed by atoms with Gasteiger partial charge in [-0.25, -0.2) is 14.1 Å². The van der Waals surface area contributed by atoms with Crippen LogP contribution in [0.2, 0.25) is 0 Å². The van der Waals surface area contributed by atoms with Gasteiger partial charge in [0.1, 0.15) is 5.82 Å². The van der Waals surface area contributed by atoms with Crippen LogP contribution in [0.3, 0.4) is 0 Å². The second kappa shape index (κ2) is 6.90. The first kappa shape index (κ1) is 16.3. The van der Waals surface area contributed by atoms with E-state index in [9.17, 15) is 9.18 Å². The van der Waals surface area contributed by atoms with Crippen molar-refractivity contribution in [3.8, 4) is 16.4 Å². The van der Waals surface area contributed by atoms with Crippen LogP contribution < -0.4 is 5.32 Å². The number of nitrogens with one attached hydrogen (secondary N) is 1. The summed E-state index contributed by atoms with van der Waals surface area (Å²) in [5.41, 5.74) is 0.472. The van der Waals surface area contributed by atoms with Crippen LogP contribution in [0.1, 0.15) is 17.5 Å². The Hall–Kier alpha value is -2.58. The summed E-state index contributed by atoms with van der Waals surface area (Å²) in [5.74, 6) is -0.482. The van der Waals surface area contributed by atoms with Gasteiger partial charge in [-0.2, -0.15) is 0 Å². The predicted molar refractivity (Wildman–Crippen MR) is 88.6 cm³/mol. The summed E-state index contributed by atoms with van der Waals surface area (Å²) >= 11 is 1.44. The Morgan fingerprint density at radius 2 is 2.25 bits per heavy atom. The molecule has 1 aromatic carbocycles. The number of aromatic nitrogens is 3. The Balaban J connectivity index is 2.05. The minimum Gasteiger partial charge on any atom is -0.394 e. The van der Waals surface area contributed by atoms with Crippen molar-refractivity contribution in [2.24, 2.45) is 0 Å². The Labute approximate surface area is 141 Å². The summed E-state index contributed by atoms with van der Waals surface area (Å²) in [6, 6.07) is 9.21. The largest absolute Gasteiger partial charge is 0.394 e. The zero-order chi connectivity index (χ0) is 17.1. The summed E-state index contributed by atoms with van der Waals surface area (Å²) in [6.07, 6.45) is 0. The molecule has 3 aromatic rings. The summed E-state index contributed by atoms with van der Waals surface area (Å²) in [7, 11) is 0. The molecule has 0 radical (unpaired) electrons. The van der Waals surface area contributed by atoms with Crippen LogP contribution in [0.5, 0.6) is 0 Å². The molecule has 0 aliphatic heterocycles. The minimum absolute atomic E-state index is 0.0389. The van der Waals surface area contributed by atoms with E-state index in [1.807, 2.05) is 17.5 Å². The maximum absolute atomic E-state index is 13.5. The molecule has 0 spiro atoms. The molecule has 0 saturated carbocycles. The van der Waals surface area contributed by atoms with Gasteiger partial charge in [0.15, 0.2) is 5.82 Å². The molecule has 124 valence electrons. The predicted octanol–water partition coefficient (Wildman–Crippen LogP) is 2.25. The second-order valence-electron chi connectivity index (χ2n) is 5.19. The van der Waals surface area contributed by atoms with Gasteiger partial charge in [0.05, 0.1) is 17.2 Å². The first-order chi connectivity index (χ1) is 11.6. The average molecular weight is 346 g/mol. The van der Waals surface area contributed by atoms with Gasteiger partial charge in [-0.05, 0) is 36.6 Å². The van der Waals surface area contributed by atoms with E-state index in [0.717, 1.165) is 4.88 Å². The standard InChI is InChI=1S/C16H15FN4O2S/c1-10(9-22)18-16(23)14-19-15(13-6-3-7-24-13)21(20-14)12-5-2-4-11(17)8-12/h2-8,10,22H,9H2,1H3,(H,18,23). The van der Waals surface area contributed by atoms with Gasteiger partial charge in [0.2, 0.25) is 5.82 Å². The summed E-state index contributed by atoms with van der Waals surface area (Å²) < 4.78 is 15.0. The molecule has 0 bridgehead atoms. The molecule has 2 heterocycles. The SMILES string of the molecule is CC(CO)NC(=O)c1nc(-c2cccs2)n(-c2cccc(F)c2)n1. The molecule has 0 aliphatic rings. The van der Waals surface area contributed by atoms with E-state index in [-0.39, 0.29) is 12.4 Å². The average Bonchev–Trinajstić information content (AvgIpc) is 3.23. The Morgan fingerprint density at radius 1 is 1.42 bits per heavy atom. The lowest BCUT2D eigenvalue weighted by atomic mass is 10.3. The first-order valence-electron chi connectivity index (χ1n) is 7.27. The van der Waals surface area contributed by atoms with Crippen molar-refractivity contribution in [1.29, 1.82) is 0 Å². The number of rotatable bonds is 5. The summed E-state index contributed by atoms with van der Waals surface area (Å²) in [6.45, 7) is 1.48. The fourth-order valence-electron chi connectivity index (χ4n) is 2.10. The fraction of sp³-hybridized carbons (Fsp3) is 0.188. The number of halogens is 1. The normalized spacial score (nSPS) is 12.1. The maximum Gasteiger partial charge on any atom is 0.291 e. The minimum atomic E-state index is -0.496. The molecular weight excluding hydrogens is 331 g/mol. The van der Waals surface area contributed by atoms with Crippen molar-refractivity contribution in [3.63, 3.8) is 0 Å². The molecular formula is C16H15FN4O2S. The second-order valence-corrected chi connectivity index (χ2v) is 6.13. The lowest BCUT2D eigenvalue weighted by Gasteiger charge is -2.07. The highest BCUT2D eigenvalue weighted by atomic mass is 32.1. The van der Waals surface area contributed by atoms with Crippen LogP contribution in [0.4, 0.5) is 4.39 Å². The molecule has 1 amide bonds. The number of carbonyl (C=O) groups is 1. The number of carbonyl (C=O) groups excluding carboxylic acids is 1. The highest BCUT2D eigenvalue weighted by Crippen LogP contribution is 2.25. The fourth-order valence-corrected chi connectivity index (χ4v) is 2.79. The van der Waals surface area contributed by atoms with E-state index in [4.69, 9.17) is 5.11 Å². The van der Waals surface area contributed by atoms with Gasteiger partial charge >= 0.3 is 0 Å². The number of nitrogens with zero attached hydrogens (tertiary/aromatic N) is 3. The monoisotopic (exact) mass is 346 g/mol. The van der Waals surface area contributed by atoms with E-state index in [1.165, 1.54) is 28.2 Å². The third-order valence-electron chi connectivity index (χ3n) is 3.26. The topological polar surface area (TPSA) is 80.0 Å². The number of hydrogen-bond acceptors (Lipinski definition) is 5. The highest BCUT2D eigenvalue weighted by Gasteiger charge is 2.20. The molecule has 2 aromatic heterocycles. The lowest BCUT2D eigenvalue weighted by Crippen LogP contribution is -2.35. The van der Waals surface area contributed by atoms with Crippen LogP contribution >= 0.6 is 11.3 Å². The van der Waals surface area contributed by atoms with Gasteiger partial charge in [0, 0.05) is 6.04 Å². The van der Waals surface area contributed by atoms with Crippen molar-refractivity contribution in [2.45, 2.75) is 13.0 Å². The molecule has 6 nitrogen and oxygen atoms in total. The lowest BCUT2D eigenvalue weighted by molar-refractivity contribution is 0.0912. The number of benzene rings is 1. The van der Waals surface area contributed by atoms with E-state index in [0.29, 0.717) is 11.5 Å². The Kier molecular flexibility index (Phi) is 4.68. The third-order valence-corrected chi connectivity index (χ3v) is 4.12. The van der Waals surface area contributed by atoms with E-state index >= 15 is 0 Å². The van der Waals surface area contributed by atoms with Gasteiger partial charge in [-0.1, -0.05) is 12.1 Å². The van der Waals surface area contributed by atoms with E-state index in [1.54, 1.807) is 19.1 Å². The number of amides is 1. The van der Waals surface area contributed by atoms with E-state index in [2.05, 4.69) is 15.4 Å². The first-order valence-corrected chi connectivity index (χ1v) is 8.15. The zero-order valence-corrected chi connectivity index (χ0v) is 13.6. The van der Waals surface area contributed by atoms with Crippen molar-refractivity contribution in [1.82, 2.24) is 20.1 Å². The van der Waals surface area contributed by atoms with Crippen molar-refractivity contribution in [2.75, 3.05) is 6.61 Å². The van der Waals surface area contributed by atoms with Crippen LogP contribution in [-0.2, 0) is 0 Å². The quantitative estimate of drug-likeness (QED) is 0.742. The maximum atomic E-state index is 13.5. The molecule has 24 heavy (non-hydrogen) atoms. The van der Waals surface area contributed by atoms with Gasteiger partial charge < -0.3 is 10.4 Å². The van der Waals surface area contributed by atoms with E-state index < -0.39 is 17.8 Å². The van der Waals surface area contributed by atoms with Crippen LogP contribution in [0, 0.1) is 5.82 Å². The van der Waals surface area contributed by atoms with Crippen molar-refractivity contribution < 1.29 is 14.3 Å². The highest BCUT2D eigenvalue weighted by molar-refractivity contribution is 7.13. The van der Waals surface area contributed by atoms with Crippen LogP contribution in [-0.4, -0.2) is 38.4 Å². The molecule has 0 fully saturated rings. The third kappa shape index (κ3) is 3.34. The molecule has 1 atom stereocenters. The van der Waals surface area contributed by atoms with Crippen LogP contribution in [0.15, 0.2) is 41.8 Å². The molecule has 3 rings (SSSR count). The summed E-state index contributed by atoms with van der Waals surface area (Å²) in [5, 5.41) is 17.7. The number of aliphatic hydroxyl groups excluding tert-OH is 1.